The minimum atomic E-state index is -0.224. The fourth-order valence-electron chi connectivity index (χ4n) is 2.93. The number of aryl methyl sites for hydroxylation is 1. The van der Waals surface area contributed by atoms with Crippen LogP contribution in [0, 0.1) is 6.92 Å². The summed E-state index contributed by atoms with van der Waals surface area (Å²) in [5, 5.41) is 13.0. The van der Waals surface area contributed by atoms with Crippen LogP contribution < -0.4 is 10.2 Å². The molecule has 0 amide bonds. The maximum atomic E-state index is 9.71. The molecule has 1 saturated heterocycles. The zero-order valence-corrected chi connectivity index (χ0v) is 17.4. The van der Waals surface area contributed by atoms with Gasteiger partial charge in [-0.1, -0.05) is 12.1 Å². The highest BCUT2D eigenvalue weighted by Crippen LogP contribution is 2.15. The fraction of sp³-hybridized carbons (Fsp3) is 0.611. The second-order valence-corrected chi connectivity index (χ2v) is 6.04. The van der Waals surface area contributed by atoms with Gasteiger partial charge < -0.3 is 20.2 Å². The summed E-state index contributed by atoms with van der Waals surface area (Å²) in [6.07, 6.45) is 0.604. The minimum Gasteiger partial charge on any atom is -0.391 e. The van der Waals surface area contributed by atoms with E-state index in [4.69, 9.17) is 4.99 Å². The first-order valence-corrected chi connectivity index (χ1v) is 8.67. The van der Waals surface area contributed by atoms with Crippen LogP contribution in [-0.4, -0.2) is 61.3 Å². The molecule has 24 heavy (non-hydrogen) atoms. The van der Waals surface area contributed by atoms with Crippen LogP contribution in [0.15, 0.2) is 29.3 Å². The van der Waals surface area contributed by atoms with E-state index in [2.05, 4.69) is 60.2 Å². The number of aliphatic hydroxyl groups excluding tert-OH is 1. The Hall–Kier alpha value is -1.02. The average Bonchev–Trinajstić information content (AvgIpc) is 2.97. The molecule has 1 atom stereocenters. The highest BCUT2D eigenvalue weighted by atomic mass is 127. The summed E-state index contributed by atoms with van der Waals surface area (Å²) in [6.45, 7) is 11.4. The molecule has 1 aromatic carbocycles. The number of rotatable bonds is 6. The zero-order chi connectivity index (χ0) is 16.7. The number of hydrogen-bond acceptors (Lipinski definition) is 3. The number of likely N-dealkylation sites (N-methyl/N-ethyl adjacent to an activating group) is 1. The van der Waals surface area contributed by atoms with Crippen LogP contribution in [0.3, 0.4) is 0 Å². The summed E-state index contributed by atoms with van der Waals surface area (Å²) in [4.78, 5) is 9.24. The summed E-state index contributed by atoms with van der Waals surface area (Å²) in [5.41, 5.74) is 2.54. The molecule has 6 heteroatoms. The smallest absolute Gasteiger partial charge is 0.194 e. The molecule has 0 aliphatic carbocycles. The second kappa shape index (κ2) is 10.8. The quantitative estimate of drug-likeness (QED) is 0.401. The standard InChI is InChI=1S/C18H30N4O.HI/c1-4-19-18(22-11-9-17(23)14-22)20-10-12-21(5-2)16-8-6-7-15(3)13-16;/h6-8,13,17,23H,4-5,9-12,14H2,1-3H3,(H,19,20);1H/t17-;/m1./s1. The largest absolute Gasteiger partial charge is 0.391 e. The number of guanidine groups is 1. The predicted octanol–water partition coefficient (Wildman–Crippen LogP) is 2.47. The third kappa shape index (κ3) is 6.12. The molecule has 1 aliphatic heterocycles. The minimum absolute atomic E-state index is 0. The normalized spacial score (nSPS) is 17.6. The summed E-state index contributed by atoms with van der Waals surface area (Å²) < 4.78 is 0. The monoisotopic (exact) mass is 446 g/mol. The first-order chi connectivity index (χ1) is 11.1. The van der Waals surface area contributed by atoms with Crippen LogP contribution in [0.5, 0.6) is 0 Å². The van der Waals surface area contributed by atoms with E-state index in [1.807, 2.05) is 0 Å². The molecule has 0 unspecified atom stereocenters. The number of hydrogen-bond donors (Lipinski definition) is 2. The van der Waals surface area contributed by atoms with Gasteiger partial charge in [0.05, 0.1) is 12.6 Å². The van der Waals surface area contributed by atoms with Crippen molar-refractivity contribution < 1.29 is 5.11 Å². The molecule has 5 nitrogen and oxygen atoms in total. The third-order valence-electron chi connectivity index (χ3n) is 4.18. The lowest BCUT2D eigenvalue weighted by Crippen LogP contribution is -2.41. The molecule has 0 aromatic heterocycles. The number of likely N-dealkylation sites (tertiary alicyclic amines) is 1. The molecule has 2 rings (SSSR count). The summed E-state index contributed by atoms with van der Waals surface area (Å²) >= 11 is 0. The average molecular weight is 446 g/mol. The van der Waals surface area contributed by atoms with Crippen LogP contribution in [0.1, 0.15) is 25.8 Å². The summed E-state index contributed by atoms with van der Waals surface area (Å²) in [5.74, 6) is 0.921. The van der Waals surface area contributed by atoms with E-state index >= 15 is 0 Å². The topological polar surface area (TPSA) is 51.1 Å². The molecular formula is C18H31IN4O. The Kier molecular flexibility index (Phi) is 9.43. The first-order valence-electron chi connectivity index (χ1n) is 8.67. The number of aliphatic hydroxyl groups is 1. The number of benzene rings is 1. The Morgan fingerprint density at radius 3 is 2.79 bits per heavy atom. The molecule has 1 aliphatic rings. The lowest BCUT2D eigenvalue weighted by atomic mass is 10.2. The maximum absolute atomic E-state index is 9.71. The van der Waals surface area contributed by atoms with Gasteiger partial charge in [-0.05, 0) is 44.9 Å². The van der Waals surface area contributed by atoms with Crippen molar-refractivity contribution in [1.82, 2.24) is 10.2 Å². The van der Waals surface area contributed by atoms with E-state index in [0.29, 0.717) is 6.54 Å². The number of anilines is 1. The molecule has 0 saturated carbocycles. The molecule has 136 valence electrons. The van der Waals surface area contributed by atoms with Crippen LogP contribution in [0.2, 0.25) is 0 Å². The summed E-state index contributed by atoms with van der Waals surface area (Å²) in [7, 11) is 0. The van der Waals surface area contributed by atoms with E-state index in [0.717, 1.165) is 45.1 Å². The third-order valence-corrected chi connectivity index (χ3v) is 4.18. The molecule has 0 bridgehead atoms. The van der Waals surface area contributed by atoms with Crippen LogP contribution in [0.25, 0.3) is 0 Å². The van der Waals surface area contributed by atoms with Gasteiger partial charge in [-0.25, -0.2) is 0 Å². The van der Waals surface area contributed by atoms with Gasteiger partial charge in [0.1, 0.15) is 0 Å². The molecule has 2 N–H and O–H groups in total. The van der Waals surface area contributed by atoms with E-state index in [1.165, 1.54) is 11.3 Å². The second-order valence-electron chi connectivity index (χ2n) is 6.04. The first kappa shape index (κ1) is 21.0. The van der Waals surface area contributed by atoms with Crippen molar-refractivity contribution in [2.45, 2.75) is 33.3 Å². The molecule has 0 radical (unpaired) electrons. The van der Waals surface area contributed by atoms with Crippen molar-refractivity contribution in [3.05, 3.63) is 29.8 Å². The number of β-amino-alcohol motifs (C(OH)–C–C–N with tert-alkyl or cyclic N) is 1. The zero-order valence-electron chi connectivity index (χ0n) is 15.0. The van der Waals surface area contributed by atoms with Gasteiger partial charge in [0.15, 0.2) is 5.96 Å². The Morgan fingerprint density at radius 1 is 1.42 bits per heavy atom. The van der Waals surface area contributed by atoms with Crippen molar-refractivity contribution in [2.24, 2.45) is 4.99 Å². The number of aliphatic imine (C=N–C) groups is 1. The van der Waals surface area contributed by atoms with Crippen molar-refractivity contribution in [1.29, 1.82) is 0 Å². The van der Waals surface area contributed by atoms with Gasteiger partial charge in [0.25, 0.3) is 0 Å². The number of nitrogens with zero attached hydrogens (tertiary/aromatic N) is 3. The molecule has 1 aromatic rings. The molecule has 1 heterocycles. The summed E-state index contributed by atoms with van der Waals surface area (Å²) in [6, 6.07) is 8.60. The molecular weight excluding hydrogens is 415 g/mol. The van der Waals surface area contributed by atoms with Gasteiger partial charge in [0.2, 0.25) is 0 Å². The van der Waals surface area contributed by atoms with E-state index < -0.39 is 0 Å². The van der Waals surface area contributed by atoms with E-state index in [1.54, 1.807) is 0 Å². The fourth-order valence-corrected chi connectivity index (χ4v) is 2.93. The van der Waals surface area contributed by atoms with E-state index in [-0.39, 0.29) is 30.1 Å². The Balaban J connectivity index is 0.00000288. The highest BCUT2D eigenvalue weighted by Gasteiger charge is 2.22. The highest BCUT2D eigenvalue weighted by molar-refractivity contribution is 14.0. The Labute approximate surface area is 163 Å². The van der Waals surface area contributed by atoms with Gasteiger partial charge in [0, 0.05) is 38.4 Å². The van der Waals surface area contributed by atoms with E-state index in [9.17, 15) is 5.11 Å². The van der Waals surface area contributed by atoms with Crippen molar-refractivity contribution >= 4 is 35.6 Å². The lowest BCUT2D eigenvalue weighted by Gasteiger charge is -2.24. The van der Waals surface area contributed by atoms with Gasteiger partial charge in [-0.15, -0.1) is 24.0 Å². The van der Waals surface area contributed by atoms with Crippen LogP contribution >= 0.6 is 24.0 Å². The molecule has 0 spiro atoms. The maximum Gasteiger partial charge on any atom is 0.194 e. The molecule has 1 fully saturated rings. The van der Waals surface area contributed by atoms with Crippen LogP contribution in [0.4, 0.5) is 5.69 Å². The van der Waals surface area contributed by atoms with Crippen molar-refractivity contribution in [3.63, 3.8) is 0 Å². The van der Waals surface area contributed by atoms with Gasteiger partial charge in [-0.2, -0.15) is 0 Å². The van der Waals surface area contributed by atoms with Gasteiger partial charge >= 0.3 is 0 Å². The predicted molar refractivity (Wildman–Crippen MR) is 113 cm³/mol. The lowest BCUT2D eigenvalue weighted by molar-refractivity contribution is 0.188. The SMILES string of the molecule is CCNC(=NCCN(CC)c1cccc(C)c1)N1CC[C@@H](O)C1.I. The van der Waals surface area contributed by atoms with Crippen LogP contribution in [-0.2, 0) is 0 Å². The van der Waals surface area contributed by atoms with Crippen molar-refractivity contribution in [3.8, 4) is 0 Å². The Morgan fingerprint density at radius 2 is 2.21 bits per heavy atom. The number of nitrogens with one attached hydrogen (secondary N) is 1. The Bertz CT molecular complexity index is 523. The number of halogens is 1. The van der Waals surface area contributed by atoms with Gasteiger partial charge in [-0.3, -0.25) is 4.99 Å². The van der Waals surface area contributed by atoms with Crippen molar-refractivity contribution in [2.75, 3.05) is 44.2 Å².